The second kappa shape index (κ2) is 14.6. The number of amides is 2. The smallest absolute Gasteiger partial charge is 0.264 e. The number of methoxy groups -OCH3 is 2. The van der Waals surface area contributed by atoms with Crippen molar-refractivity contribution < 1.29 is 27.5 Å². The largest absolute Gasteiger partial charge is 0.493 e. The summed E-state index contributed by atoms with van der Waals surface area (Å²) in [6.45, 7) is 6.95. The van der Waals surface area contributed by atoms with Crippen LogP contribution in [0, 0.1) is 6.92 Å². The molecule has 0 aliphatic rings. The molecular formula is C31H38BrN3O6S. The van der Waals surface area contributed by atoms with Gasteiger partial charge in [-0.2, -0.15) is 0 Å². The molecule has 9 nitrogen and oxygen atoms in total. The van der Waals surface area contributed by atoms with Gasteiger partial charge in [-0.1, -0.05) is 52.7 Å². The van der Waals surface area contributed by atoms with Crippen molar-refractivity contribution in [3.05, 3.63) is 82.3 Å². The summed E-state index contributed by atoms with van der Waals surface area (Å²) < 4.78 is 40.7. The second-order valence-corrected chi connectivity index (χ2v) is 12.8. The topological polar surface area (TPSA) is 105 Å². The number of anilines is 1. The lowest BCUT2D eigenvalue weighted by Gasteiger charge is -2.32. The molecule has 226 valence electrons. The fourth-order valence-corrected chi connectivity index (χ4v) is 6.10. The highest BCUT2D eigenvalue weighted by atomic mass is 79.9. The van der Waals surface area contributed by atoms with Crippen LogP contribution >= 0.6 is 15.9 Å². The average Bonchev–Trinajstić information content (AvgIpc) is 2.98. The standard InChI is InChI=1S/C31H38BrN3O6S/c1-7-22(3)33-31(37)23(4)34(19-24-9-8-10-25(32)17-24)30(36)20-35(26-13-11-21(2)12-14-26)42(38,39)27-15-16-28(40-5)29(18-27)41-6/h8-18,22-23H,7,19-20H2,1-6H3,(H,33,37)/t22-,23-/m1/s1. The third-order valence-electron chi connectivity index (χ3n) is 6.95. The van der Waals surface area contributed by atoms with Crippen LogP contribution in [0.15, 0.2) is 76.1 Å². The van der Waals surface area contributed by atoms with E-state index in [1.807, 2.05) is 45.0 Å². The zero-order chi connectivity index (χ0) is 31.0. The molecular weight excluding hydrogens is 622 g/mol. The van der Waals surface area contributed by atoms with Crippen LogP contribution in [-0.4, -0.2) is 58.0 Å². The number of benzene rings is 3. The lowest BCUT2D eigenvalue weighted by Crippen LogP contribution is -2.52. The van der Waals surface area contributed by atoms with E-state index >= 15 is 0 Å². The van der Waals surface area contributed by atoms with Gasteiger partial charge < -0.3 is 19.7 Å². The third kappa shape index (κ3) is 8.04. The minimum Gasteiger partial charge on any atom is -0.493 e. The summed E-state index contributed by atoms with van der Waals surface area (Å²) >= 11 is 3.46. The lowest BCUT2D eigenvalue weighted by atomic mass is 10.1. The summed E-state index contributed by atoms with van der Waals surface area (Å²) in [5.41, 5.74) is 2.02. The molecule has 0 heterocycles. The SMILES string of the molecule is CC[C@@H](C)NC(=O)[C@@H](C)N(Cc1cccc(Br)c1)C(=O)CN(c1ccc(C)cc1)S(=O)(=O)c1ccc(OC)c(OC)c1. The number of halogens is 1. The quantitative estimate of drug-likeness (QED) is 0.267. The number of carbonyl (C=O) groups is 2. The molecule has 0 saturated heterocycles. The molecule has 0 unspecified atom stereocenters. The summed E-state index contributed by atoms with van der Waals surface area (Å²) in [7, 11) is -1.38. The van der Waals surface area contributed by atoms with Crippen LogP contribution in [0.2, 0.25) is 0 Å². The fourth-order valence-electron chi connectivity index (χ4n) is 4.22. The molecule has 0 saturated carbocycles. The van der Waals surface area contributed by atoms with E-state index in [9.17, 15) is 18.0 Å². The Hall–Kier alpha value is -3.57. The molecule has 0 fully saturated rings. The van der Waals surface area contributed by atoms with Crippen LogP contribution in [0.4, 0.5) is 5.69 Å². The van der Waals surface area contributed by atoms with Gasteiger partial charge in [-0.3, -0.25) is 13.9 Å². The fraction of sp³-hybridized carbons (Fsp3) is 0.355. The Labute approximate surface area is 257 Å². The number of hydrogen-bond acceptors (Lipinski definition) is 6. The van der Waals surface area contributed by atoms with Crippen molar-refractivity contribution in [2.45, 2.75) is 57.6 Å². The van der Waals surface area contributed by atoms with Crippen molar-refractivity contribution in [1.29, 1.82) is 0 Å². The highest BCUT2D eigenvalue weighted by molar-refractivity contribution is 9.10. The van der Waals surface area contributed by atoms with E-state index in [4.69, 9.17) is 9.47 Å². The van der Waals surface area contributed by atoms with Gasteiger partial charge in [-0.15, -0.1) is 0 Å². The molecule has 3 aromatic rings. The van der Waals surface area contributed by atoms with Gasteiger partial charge in [0.25, 0.3) is 10.0 Å². The van der Waals surface area contributed by atoms with E-state index in [0.29, 0.717) is 11.4 Å². The van der Waals surface area contributed by atoms with Gasteiger partial charge in [-0.25, -0.2) is 8.42 Å². The van der Waals surface area contributed by atoms with Crippen molar-refractivity contribution in [3.63, 3.8) is 0 Å². The second-order valence-electron chi connectivity index (χ2n) is 10.0. The number of sulfonamides is 1. The average molecular weight is 661 g/mol. The number of ether oxygens (including phenoxy) is 2. The van der Waals surface area contributed by atoms with Crippen LogP contribution in [0.3, 0.4) is 0 Å². The van der Waals surface area contributed by atoms with E-state index in [-0.39, 0.29) is 29.1 Å². The maximum atomic E-state index is 14.1. The molecule has 3 rings (SSSR count). The molecule has 0 spiro atoms. The van der Waals surface area contributed by atoms with Gasteiger partial charge in [0.05, 0.1) is 24.8 Å². The minimum atomic E-state index is -4.26. The third-order valence-corrected chi connectivity index (χ3v) is 9.22. The Morgan fingerprint density at radius 3 is 2.21 bits per heavy atom. The predicted octanol–water partition coefficient (Wildman–Crippen LogP) is 5.30. The van der Waals surface area contributed by atoms with E-state index < -0.39 is 28.5 Å². The van der Waals surface area contributed by atoms with Gasteiger partial charge >= 0.3 is 0 Å². The Morgan fingerprint density at radius 2 is 1.62 bits per heavy atom. The molecule has 1 N–H and O–H groups in total. The molecule has 0 bridgehead atoms. The highest BCUT2D eigenvalue weighted by Crippen LogP contribution is 2.32. The number of aryl methyl sites for hydroxylation is 1. The van der Waals surface area contributed by atoms with Gasteiger partial charge in [0, 0.05) is 23.1 Å². The van der Waals surface area contributed by atoms with Gasteiger partial charge in [0.1, 0.15) is 12.6 Å². The molecule has 0 aromatic heterocycles. The summed E-state index contributed by atoms with van der Waals surface area (Å²) in [5.74, 6) is -0.250. The monoisotopic (exact) mass is 659 g/mol. The van der Waals surface area contributed by atoms with E-state index in [1.165, 1.54) is 37.3 Å². The summed E-state index contributed by atoms with van der Waals surface area (Å²) in [6, 6.07) is 17.6. The van der Waals surface area contributed by atoms with Gasteiger partial charge in [0.15, 0.2) is 11.5 Å². The van der Waals surface area contributed by atoms with Crippen LogP contribution in [-0.2, 0) is 26.2 Å². The summed E-state index contributed by atoms with van der Waals surface area (Å²) in [6.07, 6.45) is 0.725. The first-order valence-electron chi connectivity index (χ1n) is 13.6. The lowest BCUT2D eigenvalue weighted by molar-refractivity contribution is -0.139. The Bertz CT molecular complexity index is 1500. The van der Waals surface area contributed by atoms with Crippen LogP contribution in [0.25, 0.3) is 0 Å². The van der Waals surface area contributed by atoms with Gasteiger partial charge in [-0.05, 0) is 69.2 Å². The first-order chi connectivity index (χ1) is 19.9. The molecule has 0 aliphatic carbocycles. The van der Waals surface area contributed by atoms with Crippen molar-refractivity contribution in [2.75, 3.05) is 25.1 Å². The van der Waals surface area contributed by atoms with E-state index in [0.717, 1.165) is 26.3 Å². The van der Waals surface area contributed by atoms with E-state index in [2.05, 4.69) is 21.2 Å². The Kier molecular flexibility index (Phi) is 11.4. The van der Waals surface area contributed by atoms with Crippen LogP contribution in [0.5, 0.6) is 11.5 Å². The molecule has 3 aromatic carbocycles. The summed E-state index contributed by atoms with van der Waals surface area (Å²) in [4.78, 5) is 28.6. The van der Waals surface area contributed by atoms with Gasteiger partial charge in [0.2, 0.25) is 11.8 Å². The molecule has 42 heavy (non-hydrogen) atoms. The molecule has 11 heteroatoms. The van der Waals surface area contributed by atoms with E-state index in [1.54, 1.807) is 31.2 Å². The summed E-state index contributed by atoms with van der Waals surface area (Å²) in [5, 5.41) is 2.93. The Balaban J connectivity index is 2.06. The minimum absolute atomic E-state index is 0.0744. The number of nitrogens with zero attached hydrogens (tertiary/aromatic N) is 2. The first-order valence-corrected chi connectivity index (χ1v) is 15.8. The Morgan fingerprint density at radius 1 is 0.952 bits per heavy atom. The number of carbonyl (C=O) groups excluding carboxylic acids is 2. The molecule has 0 aliphatic heterocycles. The highest BCUT2D eigenvalue weighted by Gasteiger charge is 2.33. The maximum absolute atomic E-state index is 14.1. The molecule has 2 amide bonds. The van der Waals surface area contributed by atoms with Crippen molar-refractivity contribution in [1.82, 2.24) is 10.2 Å². The maximum Gasteiger partial charge on any atom is 0.264 e. The van der Waals surface area contributed by atoms with Crippen molar-refractivity contribution in [2.24, 2.45) is 0 Å². The molecule has 2 atom stereocenters. The van der Waals surface area contributed by atoms with Crippen LogP contribution in [0.1, 0.15) is 38.3 Å². The number of rotatable bonds is 13. The normalized spacial score (nSPS) is 12.6. The number of hydrogen-bond donors (Lipinski definition) is 1. The zero-order valence-electron chi connectivity index (χ0n) is 24.8. The van der Waals surface area contributed by atoms with Crippen molar-refractivity contribution >= 4 is 43.5 Å². The predicted molar refractivity (Wildman–Crippen MR) is 167 cm³/mol. The zero-order valence-corrected chi connectivity index (χ0v) is 27.2. The first kappa shape index (κ1) is 32.9. The van der Waals surface area contributed by atoms with Crippen molar-refractivity contribution in [3.8, 4) is 11.5 Å². The number of nitrogens with one attached hydrogen (secondary N) is 1. The van der Waals surface area contributed by atoms with Crippen LogP contribution < -0.4 is 19.1 Å². The molecule has 0 radical (unpaired) electrons.